The molecule has 0 saturated heterocycles. The normalized spacial score (nSPS) is 11.5. The van der Waals surface area contributed by atoms with Crippen LogP contribution in [0.2, 0.25) is 0 Å². The topological polar surface area (TPSA) is 217 Å². The van der Waals surface area contributed by atoms with Crippen LogP contribution in [0.15, 0.2) is 121 Å². The summed E-state index contributed by atoms with van der Waals surface area (Å²) in [6.45, 7) is 11.7. The molecule has 7 N–H and O–H groups in total. The molecule has 7 aromatic carbocycles. The molecule has 7 aromatic rings. The largest absolute Gasteiger partial charge is 0.497 e. The summed E-state index contributed by atoms with van der Waals surface area (Å²) >= 11 is 0. The van der Waals surface area contributed by atoms with Gasteiger partial charge in [-0.25, -0.2) is 14.4 Å². The summed E-state index contributed by atoms with van der Waals surface area (Å²) in [5.41, 5.74) is 9.60. The summed E-state index contributed by atoms with van der Waals surface area (Å²) in [7, 11) is 4.77. The number of fused-ring (bicyclic) bond motifs is 8. The molecule has 7 amide bonds. The van der Waals surface area contributed by atoms with Gasteiger partial charge in [-0.1, -0.05) is 79.1 Å². The molecule has 488 valence electrons. The average Bonchev–Trinajstić information content (AvgIpc) is 0.813. The van der Waals surface area contributed by atoms with Crippen molar-refractivity contribution >= 4 is 63.8 Å². The maximum atomic E-state index is 14.3. The van der Waals surface area contributed by atoms with Crippen molar-refractivity contribution in [3.05, 3.63) is 166 Å². The molecule has 18 heteroatoms. The highest BCUT2D eigenvalue weighted by atomic mass is 16.5. The van der Waals surface area contributed by atoms with Gasteiger partial charge in [0.15, 0.2) is 0 Å². The van der Waals surface area contributed by atoms with E-state index in [2.05, 4.69) is 64.9 Å². The van der Waals surface area contributed by atoms with E-state index in [1.807, 2.05) is 48.5 Å². The van der Waals surface area contributed by atoms with Crippen LogP contribution in [0, 0.1) is 0 Å². The second-order valence-electron chi connectivity index (χ2n) is 23.0. The van der Waals surface area contributed by atoms with Gasteiger partial charge in [-0.3, -0.25) is 4.79 Å². The first-order chi connectivity index (χ1) is 44.8. The van der Waals surface area contributed by atoms with Gasteiger partial charge in [-0.05, 0) is 147 Å². The van der Waals surface area contributed by atoms with Crippen molar-refractivity contribution in [3.63, 3.8) is 0 Å². The minimum Gasteiger partial charge on any atom is -0.497 e. The zero-order valence-corrected chi connectivity index (χ0v) is 54.7. The summed E-state index contributed by atoms with van der Waals surface area (Å²) < 4.78 is 44.5. The Kier molecular flexibility index (Phi) is 26.1. The molecule has 0 unspecified atom stereocenters. The molecule has 8 bridgehead atoms. The van der Waals surface area contributed by atoms with Crippen LogP contribution in [0.4, 0.5) is 54.2 Å². The van der Waals surface area contributed by atoms with Crippen molar-refractivity contribution in [2.45, 2.75) is 137 Å². The van der Waals surface area contributed by atoms with Gasteiger partial charge in [0.05, 0.1) is 47.8 Å². The number of hydrogen-bond donors (Lipinski definition) is 7. The van der Waals surface area contributed by atoms with Crippen molar-refractivity contribution in [2.24, 2.45) is 0 Å². The van der Waals surface area contributed by atoms with E-state index in [0.29, 0.717) is 106 Å². The Morgan fingerprint density at radius 2 is 0.511 bits per heavy atom. The lowest BCUT2D eigenvalue weighted by atomic mass is 9.90. The molecule has 0 aliphatic heterocycles. The highest BCUT2D eigenvalue weighted by Crippen LogP contribution is 2.43. The second-order valence-corrected chi connectivity index (χ2v) is 23.0. The summed E-state index contributed by atoms with van der Waals surface area (Å²) in [5, 5.41) is 21.6. The molecule has 0 spiro atoms. The fourth-order valence-corrected chi connectivity index (χ4v) is 11.1. The molecular weight excluding hydrogens is 1160 g/mol. The van der Waals surface area contributed by atoms with Gasteiger partial charge in [0.2, 0.25) is 5.91 Å². The summed E-state index contributed by atoms with van der Waals surface area (Å²) in [6.07, 6.45) is 11.6. The first-order valence-electron chi connectivity index (χ1n) is 32.4. The average molecular weight is 1250 g/mol. The van der Waals surface area contributed by atoms with E-state index in [4.69, 9.17) is 33.2 Å². The van der Waals surface area contributed by atoms with Gasteiger partial charge in [0.25, 0.3) is 0 Å². The van der Waals surface area contributed by atoms with Gasteiger partial charge in [0.1, 0.15) is 40.2 Å². The van der Waals surface area contributed by atoms with Crippen LogP contribution in [-0.4, -0.2) is 71.8 Å². The van der Waals surface area contributed by atoms with Crippen LogP contribution in [0.3, 0.4) is 0 Å². The molecular formula is C74H91N7O11. The van der Waals surface area contributed by atoms with E-state index in [1.165, 1.54) is 6.92 Å². The molecule has 0 fully saturated rings. The number of methoxy groups -OCH3 is 3. The number of ether oxygens (including phenoxy) is 7. The second kappa shape index (κ2) is 35.1. The number of amides is 7. The number of unbranched alkanes of at least 4 members (excludes halogenated alkanes) is 8. The number of anilines is 7. The molecule has 0 aromatic heterocycles. The highest BCUT2D eigenvalue weighted by Gasteiger charge is 2.26. The number of carbonyl (C=O) groups excluding carboxylic acids is 4. The SMILES string of the molecule is CCCCCOc1c2cc(NC(C)=O)cc1Cc1cc(NC(=O)Nc3ccc(OC)cc3)cc(c1OCCCCC)Cc1cc(NC(=O)Nc3ccc(OC)cc3)cc(c1OCCCCC)Cc1cc(NC(=O)Nc3ccc(OC)cc3)cc(c1OCCCCC)C2. The van der Waals surface area contributed by atoms with Crippen molar-refractivity contribution < 1.29 is 52.3 Å². The van der Waals surface area contributed by atoms with Gasteiger partial charge < -0.3 is 70.4 Å². The summed E-state index contributed by atoms with van der Waals surface area (Å²) in [5.74, 6) is 4.15. The Balaban J connectivity index is 1.41. The van der Waals surface area contributed by atoms with Crippen LogP contribution in [0.1, 0.15) is 156 Å². The van der Waals surface area contributed by atoms with Gasteiger partial charge >= 0.3 is 18.1 Å². The predicted molar refractivity (Wildman–Crippen MR) is 368 cm³/mol. The number of benzene rings is 7. The van der Waals surface area contributed by atoms with Gasteiger partial charge in [-0.15, -0.1) is 0 Å². The number of rotatable bonds is 30. The Morgan fingerprint density at radius 3 is 0.707 bits per heavy atom. The number of nitrogens with one attached hydrogen (secondary N) is 7. The summed E-state index contributed by atoms with van der Waals surface area (Å²) in [4.78, 5) is 56.0. The van der Waals surface area contributed by atoms with Crippen LogP contribution in [0.25, 0.3) is 0 Å². The predicted octanol–water partition coefficient (Wildman–Crippen LogP) is 17.6. The van der Waals surface area contributed by atoms with Crippen LogP contribution in [0.5, 0.6) is 40.2 Å². The lowest BCUT2D eigenvalue weighted by Gasteiger charge is -2.25. The molecule has 0 atom stereocenters. The fraction of sp³-hybridized carbons (Fsp3) is 0.378. The minimum absolute atomic E-state index is 0.202. The number of hydrogen-bond acceptors (Lipinski definition) is 11. The Labute approximate surface area is 542 Å². The van der Waals surface area contributed by atoms with Crippen LogP contribution >= 0.6 is 0 Å². The van der Waals surface area contributed by atoms with E-state index in [-0.39, 0.29) is 31.6 Å². The zero-order chi connectivity index (χ0) is 65.2. The first kappa shape index (κ1) is 68.3. The third kappa shape index (κ3) is 20.2. The summed E-state index contributed by atoms with van der Waals surface area (Å²) in [6, 6.07) is 35.4. The first-order valence-corrected chi connectivity index (χ1v) is 32.4. The lowest BCUT2D eigenvalue weighted by molar-refractivity contribution is -0.114. The standard InChI is InChI=1S/C74H91N7O11/c1-9-13-17-33-89-68-50-37-52-43-62(79-72(83)76-58-21-27-65(86-6)28-22-58)45-54(69(52)90-34-18-14-10-2)39-56-47-64(81-74(85)78-60-25-31-67(88-8)32-26-60)48-57(71(56)92-36-20-16-12-4)40-55-46-63(80-73(84)77-59-23-29-66(87-7)30-24-59)44-53(70(55)91-35-19-15-11-3)38-51(68)42-61(41-50)75-49(5)82/h21-32,41-48H,9-20,33-40H2,1-8H3,(H,75,82)(H2,76,79,83)(H2,77,80,84)(H2,78,81,85). The molecule has 18 nitrogen and oxygen atoms in total. The van der Waals surface area contributed by atoms with Crippen molar-refractivity contribution in [2.75, 3.05) is 85.0 Å². The molecule has 0 radical (unpaired) electrons. The van der Waals surface area contributed by atoms with Crippen molar-refractivity contribution in [1.29, 1.82) is 0 Å². The third-order valence-corrected chi connectivity index (χ3v) is 15.6. The monoisotopic (exact) mass is 1250 g/mol. The third-order valence-electron chi connectivity index (χ3n) is 15.6. The Hall–Kier alpha value is -9.58. The smallest absolute Gasteiger partial charge is 0.323 e. The van der Waals surface area contributed by atoms with E-state index in [9.17, 15) is 19.2 Å². The lowest BCUT2D eigenvalue weighted by Crippen LogP contribution is -2.20. The Morgan fingerprint density at radius 1 is 0.304 bits per heavy atom. The van der Waals surface area contributed by atoms with E-state index in [0.717, 1.165) is 122 Å². The number of carbonyl (C=O) groups is 4. The maximum Gasteiger partial charge on any atom is 0.323 e. The highest BCUT2D eigenvalue weighted by molar-refractivity contribution is 6.02. The minimum atomic E-state index is -0.481. The van der Waals surface area contributed by atoms with Crippen LogP contribution in [-0.2, 0) is 30.5 Å². The Bertz CT molecular complexity index is 3400. The van der Waals surface area contributed by atoms with Gasteiger partial charge in [0, 0.05) is 117 Å². The maximum absolute atomic E-state index is 14.3. The van der Waals surface area contributed by atoms with Crippen LogP contribution < -0.4 is 70.4 Å². The van der Waals surface area contributed by atoms with Crippen molar-refractivity contribution in [1.82, 2.24) is 0 Å². The van der Waals surface area contributed by atoms with E-state index < -0.39 is 18.1 Å². The van der Waals surface area contributed by atoms with E-state index in [1.54, 1.807) is 94.1 Å². The van der Waals surface area contributed by atoms with E-state index >= 15 is 0 Å². The fourth-order valence-electron chi connectivity index (χ4n) is 11.1. The quantitative estimate of drug-likeness (QED) is 0.0210. The molecule has 1 aliphatic rings. The molecule has 0 saturated carbocycles. The molecule has 8 rings (SSSR count). The molecule has 0 heterocycles. The van der Waals surface area contributed by atoms with Crippen molar-refractivity contribution in [3.8, 4) is 40.2 Å². The number of urea groups is 3. The molecule has 92 heavy (non-hydrogen) atoms. The van der Waals surface area contributed by atoms with Gasteiger partial charge in [-0.2, -0.15) is 0 Å². The zero-order valence-electron chi connectivity index (χ0n) is 54.7. The molecule has 1 aliphatic carbocycles.